The summed E-state index contributed by atoms with van der Waals surface area (Å²) in [5.74, 6) is -1.14. The van der Waals surface area contributed by atoms with E-state index in [1.807, 2.05) is 34.6 Å². The van der Waals surface area contributed by atoms with E-state index in [9.17, 15) is 9.90 Å². The van der Waals surface area contributed by atoms with Crippen molar-refractivity contribution >= 4 is 24.5 Å². The lowest BCUT2D eigenvalue weighted by molar-refractivity contribution is -0.289. The molecule has 0 bridgehead atoms. The van der Waals surface area contributed by atoms with E-state index in [0.29, 0.717) is 13.0 Å². The molecule has 1 fully saturated rings. The smallest absolute Gasteiger partial charge is 0.261 e. The molecule has 0 aliphatic carbocycles. The number of ether oxygens (including phenoxy) is 2. The Hall–Kier alpha value is -1.83. The lowest BCUT2D eigenvalue weighted by Crippen LogP contribution is -2.67. The molecule has 2 aromatic carbocycles. The normalized spacial score (nSPS) is 20.4. The number of benzene rings is 2. The first-order chi connectivity index (χ1) is 19.5. The van der Waals surface area contributed by atoms with Gasteiger partial charge in [-0.2, -0.15) is 0 Å². The fourth-order valence-corrected chi connectivity index (χ4v) is 11.4. The van der Waals surface area contributed by atoms with Crippen LogP contribution in [0.1, 0.15) is 102 Å². The van der Waals surface area contributed by atoms with Gasteiger partial charge in [-0.15, -0.1) is 0 Å². The minimum Gasteiger partial charge on any atom is -0.405 e. The number of rotatable bonds is 13. The number of ketones is 1. The Morgan fingerprint density at radius 1 is 0.953 bits per heavy atom. The van der Waals surface area contributed by atoms with Gasteiger partial charge < -0.3 is 19.0 Å². The Morgan fingerprint density at radius 2 is 1.47 bits per heavy atom. The van der Waals surface area contributed by atoms with E-state index in [1.54, 1.807) is 0 Å². The molecule has 0 saturated carbocycles. The summed E-state index contributed by atoms with van der Waals surface area (Å²) in [6.07, 6.45) is 2.40. The quantitative estimate of drug-likeness (QED) is 0.237. The Bertz CT molecular complexity index is 1090. The number of hydrogen-bond acceptors (Lipinski definition) is 5. The van der Waals surface area contributed by atoms with Gasteiger partial charge in [0.15, 0.2) is 5.79 Å². The second-order valence-electron chi connectivity index (χ2n) is 14.5. The van der Waals surface area contributed by atoms with E-state index in [4.69, 9.17) is 13.9 Å². The molecule has 5 atom stereocenters. The highest BCUT2D eigenvalue weighted by Gasteiger charge is 2.51. The van der Waals surface area contributed by atoms with Gasteiger partial charge in [0.1, 0.15) is 5.78 Å². The summed E-state index contributed by atoms with van der Waals surface area (Å²) >= 11 is 0. The van der Waals surface area contributed by atoms with E-state index in [-0.39, 0.29) is 36.4 Å². The standard InChI is InChI=1S/C36H56O5Si.CH4/c1-26(32(37)28(3)33(38)35(7,8)31-24-25-39-36(9,10)40-31)18-17-19-27(2)41-42(34(4,5)6,29-20-13-11-14-21-29)30-22-15-12-16-23-30;/h11-16,20-23,26-28,31-32,37H,17-19,24-25H2,1-10H3;1H4/t26-,27?,28+,31-,32?;/m0./s1. The van der Waals surface area contributed by atoms with Crippen molar-refractivity contribution in [3.63, 3.8) is 0 Å². The molecule has 43 heavy (non-hydrogen) atoms. The van der Waals surface area contributed by atoms with Gasteiger partial charge in [-0.05, 0) is 61.4 Å². The van der Waals surface area contributed by atoms with Crippen LogP contribution in [0.2, 0.25) is 5.04 Å². The molecule has 0 spiro atoms. The van der Waals surface area contributed by atoms with Crippen LogP contribution in [-0.4, -0.2) is 49.9 Å². The van der Waals surface area contributed by atoms with Crippen LogP contribution in [0.3, 0.4) is 0 Å². The van der Waals surface area contributed by atoms with Gasteiger partial charge in [0, 0.05) is 12.0 Å². The Labute approximate surface area is 263 Å². The molecule has 0 aromatic heterocycles. The second-order valence-corrected chi connectivity index (χ2v) is 18.8. The van der Waals surface area contributed by atoms with Crippen molar-refractivity contribution in [3.05, 3.63) is 60.7 Å². The van der Waals surface area contributed by atoms with Crippen LogP contribution in [0, 0.1) is 17.3 Å². The molecule has 1 saturated heterocycles. The van der Waals surface area contributed by atoms with Crippen molar-refractivity contribution in [1.82, 2.24) is 0 Å². The van der Waals surface area contributed by atoms with Crippen molar-refractivity contribution in [2.24, 2.45) is 17.3 Å². The largest absolute Gasteiger partial charge is 0.405 e. The van der Waals surface area contributed by atoms with Crippen LogP contribution in [0.15, 0.2) is 60.7 Å². The SMILES string of the molecule is C.CC(CCC[C@H](C)C(O)[C@@H](C)C(=O)C(C)(C)[C@@H]1CCOC(C)(C)O1)O[Si](c1ccccc1)(c1ccccc1)C(C)(C)C. The van der Waals surface area contributed by atoms with Gasteiger partial charge in [0.2, 0.25) is 0 Å². The summed E-state index contributed by atoms with van der Waals surface area (Å²) in [5, 5.41) is 13.8. The van der Waals surface area contributed by atoms with Gasteiger partial charge >= 0.3 is 0 Å². The first-order valence-electron chi connectivity index (χ1n) is 15.9. The maximum absolute atomic E-state index is 13.6. The predicted molar refractivity (Wildman–Crippen MR) is 181 cm³/mol. The summed E-state index contributed by atoms with van der Waals surface area (Å²) in [6.45, 7) is 21.2. The maximum atomic E-state index is 13.6. The number of aliphatic hydroxyl groups excluding tert-OH is 1. The monoisotopic (exact) mass is 612 g/mol. The topological polar surface area (TPSA) is 65.0 Å². The summed E-state index contributed by atoms with van der Waals surface area (Å²) in [6, 6.07) is 21.5. The molecule has 5 nitrogen and oxygen atoms in total. The zero-order valence-electron chi connectivity index (χ0n) is 27.8. The highest BCUT2D eigenvalue weighted by atomic mass is 28.4. The van der Waals surface area contributed by atoms with E-state index in [0.717, 1.165) is 19.3 Å². The molecule has 3 rings (SSSR count). The second kappa shape index (κ2) is 15.0. The third-order valence-corrected chi connectivity index (χ3v) is 14.4. The predicted octanol–water partition coefficient (Wildman–Crippen LogP) is 7.53. The van der Waals surface area contributed by atoms with Crippen molar-refractivity contribution < 1.29 is 23.8 Å². The highest BCUT2D eigenvalue weighted by Crippen LogP contribution is 2.39. The minimum absolute atomic E-state index is 0. The van der Waals surface area contributed by atoms with Gasteiger partial charge in [0.05, 0.1) is 24.2 Å². The van der Waals surface area contributed by atoms with Gasteiger partial charge in [-0.1, -0.05) is 123 Å². The molecular weight excluding hydrogens is 552 g/mol. The lowest BCUT2D eigenvalue weighted by Gasteiger charge is -2.44. The number of Topliss-reactive ketones (excluding diaryl/α,β-unsaturated/α-hetero) is 1. The molecule has 1 heterocycles. The molecule has 2 unspecified atom stereocenters. The van der Waals surface area contributed by atoms with E-state index < -0.39 is 31.5 Å². The van der Waals surface area contributed by atoms with Gasteiger partial charge in [-0.25, -0.2) is 0 Å². The van der Waals surface area contributed by atoms with E-state index in [2.05, 4.69) is 95.3 Å². The van der Waals surface area contributed by atoms with Crippen molar-refractivity contribution in [2.45, 2.75) is 131 Å². The van der Waals surface area contributed by atoms with Crippen LogP contribution in [0.5, 0.6) is 0 Å². The van der Waals surface area contributed by atoms with Crippen LogP contribution in [0.25, 0.3) is 0 Å². The minimum atomic E-state index is -2.61. The maximum Gasteiger partial charge on any atom is 0.261 e. The Kier molecular flexibility index (Phi) is 13.0. The zero-order valence-corrected chi connectivity index (χ0v) is 28.8. The number of carbonyl (C=O) groups excluding carboxylic acids is 1. The summed E-state index contributed by atoms with van der Waals surface area (Å²) < 4.78 is 19.1. The summed E-state index contributed by atoms with van der Waals surface area (Å²) in [4.78, 5) is 13.6. The lowest BCUT2D eigenvalue weighted by atomic mass is 9.72. The van der Waals surface area contributed by atoms with Crippen LogP contribution in [0.4, 0.5) is 0 Å². The molecule has 1 aliphatic rings. The van der Waals surface area contributed by atoms with Crippen molar-refractivity contribution in [1.29, 1.82) is 0 Å². The van der Waals surface area contributed by atoms with Crippen LogP contribution in [-0.2, 0) is 18.7 Å². The number of hydrogen-bond donors (Lipinski definition) is 1. The fourth-order valence-electron chi connectivity index (χ4n) is 6.70. The van der Waals surface area contributed by atoms with Gasteiger partial charge in [0.25, 0.3) is 8.32 Å². The molecule has 0 amide bonds. The molecular formula is C37H60O5Si. The van der Waals surface area contributed by atoms with Crippen LogP contribution < -0.4 is 10.4 Å². The van der Waals surface area contributed by atoms with Crippen molar-refractivity contribution in [3.8, 4) is 0 Å². The van der Waals surface area contributed by atoms with Crippen LogP contribution >= 0.6 is 0 Å². The average molecular weight is 613 g/mol. The Morgan fingerprint density at radius 3 is 1.93 bits per heavy atom. The van der Waals surface area contributed by atoms with Crippen molar-refractivity contribution in [2.75, 3.05) is 6.61 Å². The summed E-state index contributed by atoms with van der Waals surface area (Å²) in [5.41, 5.74) is -0.709. The highest BCUT2D eigenvalue weighted by molar-refractivity contribution is 6.99. The third-order valence-electron chi connectivity index (χ3n) is 9.27. The average Bonchev–Trinajstić information content (AvgIpc) is 2.94. The van der Waals surface area contributed by atoms with E-state index >= 15 is 0 Å². The molecule has 6 heteroatoms. The molecule has 1 aliphatic heterocycles. The number of aliphatic hydroxyl groups is 1. The van der Waals surface area contributed by atoms with E-state index in [1.165, 1.54) is 10.4 Å². The molecule has 242 valence electrons. The fraction of sp³-hybridized carbons (Fsp3) is 0.649. The number of carbonyl (C=O) groups is 1. The first-order valence-corrected chi connectivity index (χ1v) is 17.8. The zero-order chi connectivity index (χ0) is 31.3. The summed E-state index contributed by atoms with van der Waals surface area (Å²) in [7, 11) is -2.61. The molecule has 1 N–H and O–H groups in total. The van der Waals surface area contributed by atoms with Gasteiger partial charge in [-0.3, -0.25) is 4.79 Å². The molecule has 2 aromatic rings. The first kappa shape index (κ1) is 37.4. The Balaban J connectivity index is 0.00000645. The molecule has 0 radical (unpaired) electrons. The third kappa shape index (κ3) is 8.67.